The molecule has 1 rings (SSSR count). The number of alkyl carbamates (subject to hydrolysis) is 1. The lowest BCUT2D eigenvalue weighted by Crippen LogP contribution is -2.32. The van der Waals surface area contributed by atoms with E-state index < -0.39 is 11.7 Å². The van der Waals surface area contributed by atoms with Crippen molar-refractivity contribution in [1.29, 1.82) is 0 Å². The fraction of sp³-hybridized carbons (Fsp3) is 0.667. The molecule has 6 heteroatoms. The fourth-order valence-electron chi connectivity index (χ4n) is 1.41. The molecule has 0 saturated carbocycles. The molecule has 1 amide bonds. The molecule has 0 fully saturated rings. The maximum absolute atomic E-state index is 11.5. The molecule has 0 radical (unpaired) electrons. The molecule has 0 aliphatic rings. The van der Waals surface area contributed by atoms with Crippen LogP contribution < -0.4 is 5.32 Å². The van der Waals surface area contributed by atoms with Crippen LogP contribution in [-0.4, -0.2) is 28.6 Å². The van der Waals surface area contributed by atoms with Crippen molar-refractivity contribution in [3.8, 4) is 0 Å². The zero-order valence-corrected chi connectivity index (χ0v) is 11.6. The molecule has 0 saturated heterocycles. The minimum absolute atomic E-state index is 0.393. The second kappa shape index (κ2) is 5.86. The van der Waals surface area contributed by atoms with Crippen LogP contribution in [0.2, 0.25) is 0 Å². The van der Waals surface area contributed by atoms with Crippen LogP contribution in [0.3, 0.4) is 0 Å². The second-order valence-corrected chi connectivity index (χ2v) is 5.05. The molecule has 1 aromatic rings. The predicted octanol–water partition coefficient (Wildman–Crippen LogP) is 1.82. The van der Waals surface area contributed by atoms with E-state index in [0.29, 0.717) is 13.3 Å². The first-order valence-corrected chi connectivity index (χ1v) is 5.80. The summed E-state index contributed by atoms with van der Waals surface area (Å²) in [6.07, 6.45) is 1.41. The van der Waals surface area contributed by atoms with Gasteiger partial charge in [-0.1, -0.05) is 0 Å². The number of hydrogen-bond acceptors (Lipinski definition) is 4. The largest absolute Gasteiger partial charge is 0.444 e. The van der Waals surface area contributed by atoms with E-state index in [1.807, 2.05) is 33.9 Å². The van der Waals surface area contributed by atoms with E-state index >= 15 is 0 Å². The topological polar surface area (TPSA) is 65.4 Å². The fourth-order valence-corrected chi connectivity index (χ4v) is 1.41. The number of nitrogens with zero attached hydrogens (tertiary/aromatic N) is 2. The molecule has 1 N–H and O–H groups in total. The highest BCUT2D eigenvalue weighted by atomic mass is 16.6. The van der Waals surface area contributed by atoms with Gasteiger partial charge in [0, 0.05) is 25.4 Å². The van der Waals surface area contributed by atoms with Gasteiger partial charge in [-0.3, -0.25) is 0 Å². The van der Waals surface area contributed by atoms with Crippen LogP contribution in [0, 0.1) is 6.92 Å². The van der Waals surface area contributed by atoms with Crippen molar-refractivity contribution in [2.75, 3.05) is 7.11 Å². The van der Waals surface area contributed by atoms with Gasteiger partial charge in [-0.05, 0) is 27.7 Å². The molecule has 18 heavy (non-hydrogen) atoms. The number of ether oxygens (including phenoxy) is 2. The lowest BCUT2D eigenvalue weighted by Gasteiger charge is -2.19. The second-order valence-electron chi connectivity index (χ2n) is 5.05. The Morgan fingerprint density at radius 2 is 2.17 bits per heavy atom. The molecule has 0 aliphatic carbocycles. The maximum atomic E-state index is 11.5. The Labute approximate surface area is 107 Å². The first-order chi connectivity index (χ1) is 8.31. The van der Waals surface area contributed by atoms with Gasteiger partial charge in [0.25, 0.3) is 0 Å². The van der Waals surface area contributed by atoms with E-state index in [2.05, 4.69) is 10.4 Å². The van der Waals surface area contributed by atoms with Gasteiger partial charge >= 0.3 is 6.09 Å². The van der Waals surface area contributed by atoms with Crippen LogP contribution >= 0.6 is 0 Å². The highest BCUT2D eigenvalue weighted by molar-refractivity contribution is 5.67. The average Bonchev–Trinajstić information content (AvgIpc) is 2.54. The summed E-state index contributed by atoms with van der Waals surface area (Å²) in [4.78, 5) is 11.5. The van der Waals surface area contributed by atoms with Gasteiger partial charge in [0.2, 0.25) is 0 Å². The van der Waals surface area contributed by atoms with Crippen LogP contribution in [0.4, 0.5) is 4.79 Å². The van der Waals surface area contributed by atoms with E-state index in [1.54, 1.807) is 11.8 Å². The maximum Gasteiger partial charge on any atom is 0.407 e. The third-order valence-corrected chi connectivity index (χ3v) is 2.13. The Morgan fingerprint density at radius 3 is 2.72 bits per heavy atom. The third-order valence-electron chi connectivity index (χ3n) is 2.13. The van der Waals surface area contributed by atoms with Gasteiger partial charge in [0.15, 0.2) is 0 Å². The normalized spacial score (nSPS) is 11.4. The number of amides is 1. The van der Waals surface area contributed by atoms with Crippen molar-refractivity contribution in [3.05, 3.63) is 17.5 Å². The average molecular weight is 255 g/mol. The monoisotopic (exact) mass is 255 g/mol. The number of methoxy groups -OCH3 is 1. The van der Waals surface area contributed by atoms with Crippen LogP contribution in [0.25, 0.3) is 0 Å². The minimum atomic E-state index is -0.487. The Kier molecular flexibility index (Phi) is 4.72. The number of carbonyl (C=O) groups excluding carboxylic acids is 1. The van der Waals surface area contributed by atoms with Gasteiger partial charge < -0.3 is 14.8 Å². The Hall–Kier alpha value is -1.56. The standard InChI is InChI=1S/C12H21N3O3/c1-9-10(7-15(14-9)8-17-5)6-13-11(16)18-12(2,3)4/h7H,6,8H2,1-5H3,(H,13,16). The van der Waals surface area contributed by atoms with E-state index in [0.717, 1.165) is 11.3 Å². The molecule has 0 aliphatic heterocycles. The zero-order chi connectivity index (χ0) is 13.8. The van der Waals surface area contributed by atoms with E-state index in [1.165, 1.54) is 0 Å². The molecule has 0 bridgehead atoms. The third kappa shape index (κ3) is 4.75. The Bertz CT molecular complexity index is 407. The molecular formula is C12H21N3O3. The molecule has 0 unspecified atom stereocenters. The molecule has 6 nitrogen and oxygen atoms in total. The van der Waals surface area contributed by atoms with E-state index in [4.69, 9.17) is 9.47 Å². The zero-order valence-electron chi connectivity index (χ0n) is 11.6. The summed E-state index contributed by atoms with van der Waals surface area (Å²) in [6, 6.07) is 0. The summed E-state index contributed by atoms with van der Waals surface area (Å²) in [6.45, 7) is 8.16. The Balaban J connectivity index is 2.50. The summed E-state index contributed by atoms with van der Waals surface area (Å²) in [5.74, 6) is 0. The highest BCUT2D eigenvalue weighted by Gasteiger charge is 2.16. The van der Waals surface area contributed by atoms with Gasteiger partial charge in [0.1, 0.15) is 12.3 Å². The quantitative estimate of drug-likeness (QED) is 0.891. The van der Waals surface area contributed by atoms with Gasteiger partial charge in [-0.2, -0.15) is 5.10 Å². The summed E-state index contributed by atoms with van der Waals surface area (Å²) in [5.41, 5.74) is 1.32. The molecule has 102 valence electrons. The van der Waals surface area contributed by atoms with Crippen LogP contribution in [0.5, 0.6) is 0 Å². The van der Waals surface area contributed by atoms with Crippen molar-refractivity contribution < 1.29 is 14.3 Å². The molecule has 0 aromatic carbocycles. The van der Waals surface area contributed by atoms with Gasteiger partial charge in [-0.15, -0.1) is 0 Å². The van der Waals surface area contributed by atoms with Crippen molar-refractivity contribution >= 4 is 6.09 Å². The number of aromatic nitrogens is 2. The molecule has 0 spiro atoms. The highest BCUT2D eigenvalue weighted by Crippen LogP contribution is 2.08. The summed E-state index contributed by atoms with van der Waals surface area (Å²) < 4.78 is 11.8. The lowest BCUT2D eigenvalue weighted by molar-refractivity contribution is 0.0523. The molecule has 1 heterocycles. The number of hydrogen-bond donors (Lipinski definition) is 1. The lowest BCUT2D eigenvalue weighted by atomic mass is 10.2. The predicted molar refractivity (Wildman–Crippen MR) is 67.0 cm³/mol. The minimum Gasteiger partial charge on any atom is -0.444 e. The van der Waals surface area contributed by atoms with Gasteiger partial charge in [0.05, 0.1) is 5.69 Å². The summed E-state index contributed by atoms with van der Waals surface area (Å²) >= 11 is 0. The first-order valence-electron chi connectivity index (χ1n) is 5.80. The Morgan fingerprint density at radius 1 is 1.50 bits per heavy atom. The summed E-state index contributed by atoms with van der Waals surface area (Å²) in [7, 11) is 1.61. The number of carbonyl (C=O) groups is 1. The SMILES string of the molecule is COCn1cc(CNC(=O)OC(C)(C)C)c(C)n1. The molecule has 1 aromatic heterocycles. The first kappa shape index (κ1) is 14.5. The molecular weight excluding hydrogens is 234 g/mol. The van der Waals surface area contributed by atoms with Crippen LogP contribution in [0.1, 0.15) is 32.0 Å². The van der Waals surface area contributed by atoms with Crippen molar-refractivity contribution in [2.24, 2.45) is 0 Å². The van der Waals surface area contributed by atoms with E-state index in [9.17, 15) is 4.79 Å². The smallest absolute Gasteiger partial charge is 0.407 e. The summed E-state index contributed by atoms with van der Waals surface area (Å²) in [5, 5.41) is 6.95. The number of nitrogens with one attached hydrogen (secondary N) is 1. The van der Waals surface area contributed by atoms with Crippen LogP contribution in [-0.2, 0) is 22.7 Å². The van der Waals surface area contributed by atoms with E-state index in [-0.39, 0.29) is 0 Å². The van der Waals surface area contributed by atoms with Gasteiger partial charge in [-0.25, -0.2) is 9.48 Å². The van der Waals surface area contributed by atoms with Crippen molar-refractivity contribution in [1.82, 2.24) is 15.1 Å². The van der Waals surface area contributed by atoms with Crippen molar-refractivity contribution in [2.45, 2.75) is 46.6 Å². The number of aryl methyl sites for hydroxylation is 1. The van der Waals surface area contributed by atoms with Crippen LogP contribution in [0.15, 0.2) is 6.20 Å². The molecule has 0 atom stereocenters. The van der Waals surface area contributed by atoms with Crippen molar-refractivity contribution in [3.63, 3.8) is 0 Å². The number of rotatable bonds is 4.